The molecule has 1 aromatic carbocycles. The average molecular weight is 291 g/mol. The van der Waals surface area contributed by atoms with Gasteiger partial charge < -0.3 is 15.3 Å². The molecule has 4 nitrogen and oxygen atoms in total. The average Bonchev–Trinajstić information content (AvgIpc) is 2.41. The van der Waals surface area contributed by atoms with E-state index in [4.69, 9.17) is 0 Å². The first-order valence-corrected chi connectivity index (χ1v) is 7.92. The summed E-state index contributed by atoms with van der Waals surface area (Å²) in [7, 11) is 0. The zero-order valence-electron chi connectivity index (χ0n) is 12.8. The molecular formula is C17H25NO3. The van der Waals surface area contributed by atoms with Crippen LogP contribution in [0.4, 0.5) is 0 Å². The van der Waals surface area contributed by atoms with Crippen LogP contribution in [0.3, 0.4) is 0 Å². The van der Waals surface area contributed by atoms with Crippen LogP contribution in [-0.4, -0.2) is 39.4 Å². The van der Waals surface area contributed by atoms with Crippen molar-refractivity contribution in [3.8, 4) is 11.5 Å². The molecule has 21 heavy (non-hydrogen) atoms. The van der Waals surface area contributed by atoms with Gasteiger partial charge in [0.15, 0.2) is 11.5 Å². The Hall–Kier alpha value is -1.26. The van der Waals surface area contributed by atoms with Crippen molar-refractivity contribution in [1.82, 2.24) is 4.90 Å². The third-order valence-electron chi connectivity index (χ3n) is 4.96. The Morgan fingerprint density at radius 1 is 1.24 bits per heavy atom. The number of aliphatic hydroxyl groups excluding tert-OH is 1. The number of nitrogens with zero attached hydrogens (tertiary/aromatic N) is 1. The number of phenols is 2. The van der Waals surface area contributed by atoms with Crippen LogP contribution < -0.4 is 0 Å². The minimum atomic E-state index is -0.282. The maximum atomic E-state index is 10.5. The molecule has 3 N–H and O–H groups in total. The van der Waals surface area contributed by atoms with E-state index in [0.717, 1.165) is 37.1 Å². The number of hydrogen-bond donors (Lipinski definition) is 3. The van der Waals surface area contributed by atoms with Gasteiger partial charge >= 0.3 is 0 Å². The third kappa shape index (κ3) is 2.74. The third-order valence-corrected chi connectivity index (χ3v) is 4.96. The molecule has 2 unspecified atom stereocenters. The van der Waals surface area contributed by atoms with Gasteiger partial charge in [0.1, 0.15) is 0 Å². The van der Waals surface area contributed by atoms with Crippen LogP contribution in [0.2, 0.25) is 0 Å². The second-order valence-electron chi connectivity index (χ2n) is 6.99. The summed E-state index contributed by atoms with van der Waals surface area (Å²) in [5, 5.41) is 29.9. The van der Waals surface area contributed by atoms with E-state index in [2.05, 4.69) is 18.7 Å². The van der Waals surface area contributed by atoms with Crippen LogP contribution in [0.25, 0.3) is 0 Å². The summed E-state index contributed by atoms with van der Waals surface area (Å²) < 4.78 is 0. The van der Waals surface area contributed by atoms with E-state index >= 15 is 0 Å². The van der Waals surface area contributed by atoms with Crippen LogP contribution in [0.1, 0.15) is 43.9 Å². The molecule has 0 saturated carbocycles. The number of aliphatic hydroxyl groups is 1. The maximum absolute atomic E-state index is 10.5. The number of hydrogen-bond acceptors (Lipinski definition) is 4. The van der Waals surface area contributed by atoms with Crippen molar-refractivity contribution >= 4 is 0 Å². The molecule has 1 fully saturated rings. The lowest BCUT2D eigenvalue weighted by Crippen LogP contribution is -2.48. The lowest BCUT2D eigenvalue weighted by atomic mass is 9.79. The second-order valence-corrected chi connectivity index (χ2v) is 6.99. The SMILES string of the molecule is CC(C)CC1CN2CCc3cc(O)c(O)cc3C2C[C@H]1O. The Labute approximate surface area is 126 Å². The number of piperidine rings is 1. The smallest absolute Gasteiger partial charge is 0.157 e. The van der Waals surface area contributed by atoms with Gasteiger partial charge in [-0.15, -0.1) is 0 Å². The van der Waals surface area contributed by atoms with Gasteiger partial charge in [-0.2, -0.15) is 0 Å². The largest absolute Gasteiger partial charge is 0.504 e. The topological polar surface area (TPSA) is 63.9 Å². The molecule has 0 radical (unpaired) electrons. The molecule has 116 valence electrons. The summed E-state index contributed by atoms with van der Waals surface area (Å²) in [6.07, 6.45) is 2.38. The molecule has 4 heteroatoms. The fourth-order valence-electron chi connectivity index (χ4n) is 3.96. The van der Waals surface area contributed by atoms with Gasteiger partial charge in [-0.1, -0.05) is 13.8 Å². The molecule has 3 rings (SSSR count). The lowest BCUT2D eigenvalue weighted by Gasteiger charge is -2.46. The number of benzene rings is 1. The molecule has 0 aliphatic carbocycles. The van der Waals surface area contributed by atoms with E-state index in [-0.39, 0.29) is 23.6 Å². The Morgan fingerprint density at radius 3 is 2.67 bits per heavy atom. The van der Waals surface area contributed by atoms with Crippen molar-refractivity contribution in [2.75, 3.05) is 13.1 Å². The second kappa shape index (κ2) is 5.50. The van der Waals surface area contributed by atoms with Crippen molar-refractivity contribution < 1.29 is 15.3 Å². The predicted molar refractivity (Wildman–Crippen MR) is 81.4 cm³/mol. The summed E-state index contributed by atoms with van der Waals surface area (Å²) in [6.45, 7) is 6.28. The van der Waals surface area contributed by atoms with E-state index in [0.29, 0.717) is 18.3 Å². The first kappa shape index (κ1) is 14.7. The molecule has 1 saturated heterocycles. The highest BCUT2D eigenvalue weighted by Gasteiger charge is 2.38. The lowest BCUT2D eigenvalue weighted by molar-refractivity contribution is -0.0191. The number of aromatic hydroxyl groups is 2. The van der Waals surface area contributed by atoms with Gasteiger partial charge in [-0.05, 0) is 54.4 Å². The monoisotopic (exact) mass is 291 g/mol. The van der Waals surface area contributed by atoms with Crippen LogP contribution in [-0.2, 0) is 6.42 Å². The molecule has 1 aromatic rings. The van der Waals surface area contributed by atoms with Crippen molar-refractivity contribution in [3.63, 3.8) is 0 Å². The van der Waals surface area contributed by atoms with Crippen LogP contribution >= 0.6 is 0 Å². The minimum absolute atomic E-state index is 0.0451. The molecule has 3 atom stereocenters. The summed E-state index contributed by atoms with van der Waals surface area (Å²) in [4.78, 5) is 2.43. The van der Waals surface area contributed by atoms with E-state index in [1.807, 2.05) is 0 Å². The molecule has 0 amide bonds. The van der Waals surface area contributed by atoms with E-state index in [1.54, 1.807) is 12.1 Å². The van der Waals surface area contributed by atoms with Crippen molar-refractivity contribution in [2.24, 2.45) is 11.8 Å². The zero-order chi connectivity index (χ0) is 15.1. The van der Waals surface area contributed by atoms with Crippen LogP contribution in [0.5, 0.6) is 11.5 Å². The maximum Gasteiger partial charge on any atom is 0.157 e. The van der Waals surface area contributed by atoms with Gasteiger partial charge in [-0.25, -0.2) is 0 Å². The quantitative estimate of drug-likeness (QED) is 0.732. The summed E-state index contributed by atoms with van der Waals surface area (Å²) >= 11 is 0. The van der Waals surface area contributed by atoms with Gasteiger partial charge in [0, 0.05) is 19.1 Å². The fourth-order valence-corrected chi connectivity index (χ4v) is 3.96. The van der Waals surface area contributed by atoms with Gasteiger partial charge in [0.05, 0.1) is 6.10 Å². The molecular weight excluding hydrogens is 266 g/mol. The Morgan fingerprint density at radius 2 is 1.95 bits per heavy atom. The highest BCUT2D eigenvalue weighted by molar-refractivity contribution is 5.48. The van der Waals surface area contributed by atoms with Crippen molar-refractivity contribution in [3.05, 3.63) is 23.3 Å². The number of phenolic OH excluding ortho intramolecular Hbond substituents is 2. The molecule has 2 aliphatic rings. The first-order chi connectivity index (χ1) is 9.95. The summed E-state index contributed by atoms with van der Waals surface area (Å²) in [5.74, 6) is 0.832. The van der Waals surface area contributed by atoms with Crippen molar-refractivity contribution in [1.29, 1.82) is 0 Å². The Kier molecular flexibility index (Phi) is 3.84. The molecule has 0 bridgehead atoms. The molecule has 2 heterocycles. The van der Waals surface area contributed by atoms with Crippen LogP contribution in [0, 0.1) is 11.8 Å². The zero-order valence-corrected chi connectivity index (χ0v) is 12.8. The number of fused-ring (bicyclic) bond motifs is 3. The molecule has 0 spiro atoms. The van der Waals surface area contributed by atoms with Gasteiger partial charge in [-0.3, -0.25) is 4.90 Å². The summed E-state index contributed by atoms with van der Waals surface area (Å²) in [6, 6.07) is 3.52. The number of rotatable bonds is 2. The highest BCUT2D eigenvalue weighted by Crippen LogP contribution is 2.42. The molecule has 0 aromatic heterocycles. The Balaban J connectivity index is 1.85. The van der Waals surface area contributed by atoms with E-state index in [1.165, 1.54) is 0 Å². The normalized spacial score (nSPS) is 29.2. The van der Waals surface area contributed by atoms with E-state index < -0.39 is 0 Å². The summed E-state index contributed by atoms with van der Waals surface area (Å²) in [5.41, 5.74) is 2.17. The minimum Gasteiger partial charge on any atom is -0.504 e. The van der Waals surface area contributed by atoms with Gasteiger partial charge in [0.2, 0.25) is 0 Å². The fraction of sp³-hybridized carbons (Fsp3) is 0.647. The predicted octanol–water partition coefficient (Wildman–Crippen LogP) is 2.42. The Bertz CT molecular complexity index is 529. The standard InChI is InChI=1S/C17H25NO3/c1-10(2)5-12-9-18-4-3-11-6-16(20)17(21)7-13(11)14(18)8-15(12)19/h6-7,10,12,14-15,19-21H,3-5,8-9H2,1-2H3/t12?,14?,15-/m1/s1. The van der Waals surface area contributed by atoms with Crippen molar-refractivity contribution in [2.45, 2.75) is 45.3 Å². The molecule has 2 aliphatic heterocycles. The van der Waals surface area contributed by atoms with E-state index in [9.17, 15) is 15.3 Å². The van der Waals surface area contributed by atoms with Gasteiger partial charge in [0.25, 0.3) is 0 Å². The first-order valence-electron chi connectivity index (χ1n) is 7.92. The highest BCUT2D eigenvalue weighted by atomic mass is 16.3. The van der Waals surface area contributed by atoms with Crippen LogP contribution in [0.15, 0.2) is 12.1 Å².